The lowest BCUT2D eigenvalue weighted by atomic mass is 10.2. The van der Waals surface area contributed by atoms with Crippen molar-refractivity contribution < 1.29 is 14.3 Å². The number of ketones is 1. The summed E-state index contributed by atoms with van der Waals surface area (Å²) < 4.78 is 6.56. The molecule has 0 bridgehead atoms. The molecule has 1 aromatic carbocycles. The molecule has 1 atom stereocenters. The van der Waals surface area contributed by atoms with Gasteiger partial charge in [-0.25, -0.2) is 4.98 Å². The fourth-order valence-corrected chi connectivity index (χ4v) is 4.03. The van der Waals surface area contributed by atoms with Gasteiger partial charge in [-0.05, 0) is 13.0 Å². The van der Waals surface area contributed by atoms with Crippen LogP contribution in [0.2, 0.25) is 0 Å². The van der Waals surface area contributed by atoms with E-state index >= 15 is 0 Å². The van der Waals surface area contributed by atoms with Crippen LogP contribution in [0.4, 0.5) is 0 Å². The Bertz CT molecular complexity index is 1100. The van der Waals surface area contributed by atoms with E-state index in [0.717, 1.165) is 22.7 Å². The Hall–Kier alpha value is -2.65. The highest BCUT2D eigenvalue weighted by molar-refractivity contribution is 8.01. The Morgan fingerprint density at radius 1 is 1.32 bits per heavy atom. The molecular weight excluding hydrogens is 380 g/mol. The van der Waals surface area contributed by atoms with Crippen LogP contribution in [-0.2, 0) is 20.9 Å². The number of nitrogens with one attached hydrogen (secondary N) is 1. The van der Waals surface area contributed by atoms with Crippen LogP contribution in [0, 0.1) is 0 Å². The summed E-state index contributed by atoms with van der Waals surface area (Å²) in [6.07, 6.45) is 0. The predicted molar refractivity (Wildman–Crippen MR) is 109 cm³/mol. The van der Waals surface area contributed by atoms with Gasteiger partial charge in [-0.2, -0.15) is 0 Å². The Kier molecular flexibility index (Phi) is 5.85. The minimum atomic E-state index is -0.974. The average molecular weight is 402 g/mol. The molecule has 1 amide bonds. The van der Waals surface area contributed by atoms with Crippen LogP contribution in [0.5, 0.6) is 0 Å². The summed E-state index contributed by atoms with van der Waals surface area (Å²) in [7, 11) is 4.72. The van der Waals surface area contributed by atoms with E-state index in [4.69, 9.17) is 4.74 Å². The second-order valence-electron chi connectivity index (χ2n) is 6.58. The van der Waals surface area contributed by atoms with Gasteiger partial charge in [-0.15, -0.1) is 0 Å². The summed E-state index contributed by atoms with van der Waals surface area (Å²) in [5.41, 5.74) is 1.45. The number of nitrogens with zero attached hydrogens (tertiary/aromatic N) is 3. The Balaban J connectivity index is 2.20. The third-order valence-corrected chi connectivity index (χ3v) is 5.64. The number of H-pyrrole nitrogens is 1. The SMILES string of the molecule is COCCn1c(S[C@H](C(C)=O)C(=O)N(C)C)nc2c([nH]c3ccccc32)c1=O. The molecule has 0 saturated carbocycles. The number of hydrogen-bond donors (Lipinski definition) is 1. The minimum absolute atomic E-state index is 0.261. The van der Waals surface area contributed by atoms with Gasteiger partial charge in [0, 0.05) is 32.1 Å². The third kappa shape index (κ3) is 3.67. The number of ether oxygens (including phenoxy) is 1. The van der Waals surface area contributed by atoms with Crippen molar-refractivity contribution in [1.29, 1.82) is 0 Å². The minimum Gasteiger partial charge on any atom is -0.383 e. The molecule has 148 valence electrons. The molecule has 0 fully saturated rings. The first-order chi connectivity index (χ1) is 13.3. The maximum Gasteiger partial charge on any atom is 0.278 e. The maximum absolute atomic E-state index is 13.1. The van der Waals surface area contributed by atoms with Gasteiger partial charge < -0.3 is 14.6 Å². The van der Waals surface area contributed by atoms with E-state index in [1.54, 1.807) is 21.2 Å². The molecule has 2 aromatic heterocycles. The lowest BCUT2D eigenvalue weighted by molar-refractivity contribution is -0.132. The van der Waals surface area contributed by atoms with Crippen molar-refractivity contribution in [1.82, 2.24) is 19.4 Å². The second-order valence-corrected chi connectivity index (χ2v) is 7.65. The van der Waals surface area contributed by atoms with Crippen LogP contribution >= 0.6 is 11.8 Å². The normalized spacial score (nSPS) is 12.4. The van der Waals surface area contributed by atoms with E-state index in [-0.39, 0.29) is 23.8 Å². The van der Waals surface area contributed by atoms with Crippen molar-refractivity contribution in [3.63, 3.8) is 0 Å². The number of benzene rings is 1. The monoisotopic (exact) mass is 402 g/mol. The summed E-state index contributed by atoms with van der Waals surface area (Å²) in [5, 5.41) is 0.154. The highest BCUT2D eigenvalue weighted by Gasteiger charge is 2.29. The molecule has 3 rings (SSSR count). The molecule has 0 radical (unpaired) electrons. The van der Waals surface area contributed by atoms with E-state index in [2.05, 4.69) is 9.97 Å². The Morgan fingerprint density at radius 3 is 2.68 bits per heavy atom. The number of methoxy groups -OCH3 is 1. The molecule has 1 N–H and O–H groups in total. The molecule has 0 saturated heterocycles. The molecule has 0 aliphatic heterocycles. The lowest BCUT2D eigenvalue weighted by Crippen LogP contribution is -2.37. The zero-order valence-electron chi connectivity index (χ0n) is 16.2. The molecular formula is C19H22N4O4S. The fraction of sp³-hybridized carbons (Fsp3) is 0.368. The first-order valence-electron chi connectivity index (χ1n) is 8.73. The molecule has 8 nitrogen and oxygen atoms in total. The zero-order valence-corrected chi connectivity index (χ0v) is 17.0. The molecule has 9 heteroatoms. The topological polar surface area (TPSA) is 97.3 Å². The van der Waals surface area contributed by atoms with Crippen molar-refractivity contribution in [2.24, 2.45) is 0 Å². The number of thioether (sulfide) groups is 1. The van der Waals surface area contributed by atoms with Crippen molar-refractivity contribution in [2.45, 2.75) is 23.9 Å². The quantitative estimate of drug-likeness (QED) is 0.367. The number of carbonyl (C=O) groups is 2. The molecule has 0 spiro atoms. The van der Waals surface area contributed by atoms with Gasteiger partial charge in [-0.3, -0.25) is 19.0 Å². The number of hydrogen-bond acceptors (Lipinski definition) is 6. The number of para-hydroxylation sites is 1. The van der Waals surface area contributed by atoms with E-state index in [1.807, 2.05) is 24.3 Å². The molecule has 28 heavy (non-hydrogen) atoms. The van der Waals surface area contributed by atoms with E-state index in [1.165, 1.54) is 16.4 Å². The van der Waals surface area contributed by atoms with E-state index in [9.17, 15) is 14.4 Å². The van der Waals surface area contributed by atoms with Gasteiger partial charge in [0.15, 0.2) is 10.9 Å². The van der Waals surface area contributed by atoms with E-state index in [0.29, 0.717) is 22.8 Å². The molecule has 0 unspecified atom stereocenters. The zero-order chi connectivity index (χ0) is 20.4. The first-order valence-corrected chi connectivity index (χ1v) is 9.61. The predicted octanol–water partition coefficient (Wildman–Crippen LogP) is 1.66. The number of fused-ring (bicyclic) bond motifs is 3. The second kappa shape index (κ2) is 8.15. The highest BCUT2D eigenvalue weighted by atomic mass is 32.2. The number of Topliss-reactive ketones (excluding diaryl/α,β-unsaturated/α-hetero) is 1. The van der Waals surface area contributed by atoms with Gasteiger partial charge in [0.25, 0.3) is 5.56 Å². The van der Waals surface area contributed by atoms with Gasteiger partial charge in [0.1, 0.15) is 16.3 Å². The van der Waals surface area contributed by atoms with Crippen LogP contribution in [0.25, 0.3) is 21.9 Å². The smallest absolute Gasteiger partial charge is 0.278 e. The van der Waals surface area contributed by atoms with Gasteiger partial charge in [-0.1, -0.05) is 30.0 Å². The van der Waals surface area contributed by atoms with E-state index < -0.39 is 5.25 Å². The van der Waals surface area contributed by atoms with Gasteiger partial charge >= 0.3 is 0 Å². The van der Waals surface area contributed by atoms with Gasteiger partial charge in [0.05, 0.1) is 13.2 Å². The first kappa shape index (κ1) is 20.1. The van der Waals surface area contributed by atoms with Crippen molar-refractivity contribution in [2.75, 3.05) is 27.8 Å². The molecule has 0 aliphatic rings. The number of carbonyl (C=O) groups excluding carboxylic acids is 2. The van der Waals surface area contributed by atoms with Crippen LogP contribution in [0.1, 0.15) is 6.92 Å². The summed E-state index contributed by atoms with van der Waals surface area (Å²) in [4.78, 5) is 46.8. The number of amides is 1. The maximum atomic E-state index is 13.1. The average Bonchev–Trinajstić information content (AvgIpc) is 3.03. The molecule has 2 heterocycles. The number of rotatable bonds is 7. The summed E-state index contributed by atoms with van der Waals surface area (Å²) in [5.74, 6) is -0.640. The number of aromatic nitrogens is 3. The molecule has 3 aromatic rings. The summed E-state index contributed by atoms with van der Waals surface area (Å²) in [6, 6.07) is 7.49. The Labute approximate surface area is 165 Å². The number of aromatic amines is 1. The Morgan fingerprint density at radius 2 is 2.04 bits per heavy atom. The summed E-state index contributed by atoms with van der Waals surface area (Å²) >= 11 is 0.993. The van der Waals surface area contributed by atoms with Crippen LogP contribution in [0.15, 0.2) is 34.2 Å². The fourth-order valence-electron chi connectivity index (χ4n) is 2.89. The van der Waals surface area contributed by atoms with Crippen LogP contribution in [-0.4, -0.2) is 64.2 Å². The van der Waals surface area contributed by atoms with Crippen molar-refractivity contribution in [3.8, 4) is 0 Å². The van der Waals surface area contributed by atoms with Crippen molar-refractivity contribution >= 4 is 45.4 Å². The standard InChI is InChI=1S/C19H22N4O4S/c1-11(24)16(18(26)22(2)3)28-19-21-14-12-7-5-6-8-13(12)20-15(14)17(25)23(19)9-10-27-4/h5-8,16,20H,9-10H2,1-4H3/t16-/m1/s1. The van der Waals surface area contributed by atoms with Crippen LogP contribution < -0.4 is 5.56 Å². The van der Waals surface area contributed by atoms with Gasteiger partial charge in [0.2, 0.25) is 5.91 Å². The van der Waals surface area contributed by atoms with Crippen LogP contribution in [0.3, 0.4) is 0 Å². The molecule has 0 aliphatic carbocycles. The largest absolute Gasteiger partial charge is 0.383 e. The lowest BCUT2D eigenvalue weighted by Gasteiger charge is -2.19. The summed E-state index contributed by atoms with van der Waals surface area (Å²) in [6.45, 7) is 1.92. The van der Waals surface area contributed by atoms with Crippen molar-refractivity contribution in [3.05, 3.63) is 34.6 Å². The highest BCUT2D eigenvalue weighted by Crippen LogP contribution is 2.27. The third-order valence-electron chi connectivity index (χ3n) is 4.35.